The highest BCUT2D eigenvalue weighted by molar-refractivity contribution is 9.10. The Balaban J connectivity index is 2.22. The van der Waals surface area contributed by atoms with E-state index in [0.29, 0.717) is 6.42 Å². The molecule has 1 aromatic carbocycles. The van der Waals surface area contributed by atoms with Crippen molar-refractivity contribution in [1.29, 1.82) is 0 Å². The summed E-state index contributed by atoms with van der Waals surface area (Å²) in [6.07, 6.45) is 0.103. The van der Waals surface area contributed by atoms with Gasteiger partial charge >= 0.3 is 0 Å². The lowest BCUT2D eigenvalue weighted by Crippen LogP contribution is -2.09. The van der Waals surface area contributed by atoms with E-state index in [1.165, 1.54) is 0 Å². The van der Waals surface area contributed by atoms with Crippen molar-refractivity contribution >= 4 is 15.9 Å². The minimum Gasteiger partial charge on any atom is -0.388 e. The minimum atomic E-state index is -0.491. The van der Waals surface area contributed by atoms with Crippen LogP contribution in [0, 0.1) is 13.8 Å². The summed E-state index contributed by atoms with van der Waals surface area (Å²) in [5, 5.41) is 14.8. The summed E-state index contributed by atoms with van der Waals surface area (Å²) in [6, 6.07) is 8.01. The van der Waals surface area contributed by atoms with E-state index in [4.69, 9.17) is 0 Å². The van der Waals surface area contributed by atoms with Crippen LogP contribution < -0.4 is 0 Å². The van der Waals surface area contributed by atoms with Gasteiger partial charge in [0.1, 0.15) is 0 Å². The van der Waals surface area contributed by atoms with E-state index in [1.807, 2.05) is 42.8 Å². The molecule has 0 radical (unpaired) electrons. The fourth-order valence-corrected chi connectivity index (χ4v) is 2.83. The molecule has 0 fully saturated rings. The number of halogens is 1. The van der Waals surface area contributed by atoms with E-state index >= 15 is 0 Å². The van der Waals surface area contributed by atoms with Crippen LogP contribution in [0.25, 0.3) is 0 Å². The highest BCUT2D eigenvalue weighted by Gasteiger charge is 2.14. The number of nitrogens with zero attached hydrogens (tertiary/aromatic N) is 2. The summed E-state index contributed by atoms with van der Waals surface area (Å²) in [5.74, 6) is 0. The third-order valence-electron chi connectivity index (χ3n) is 3.28. The topological polar surface area (TPSA) is 38.0 Å². The second kappa shape index (κ2) is 5.88. The molecule has 19 heavy (non-hydrogen) atoms. The van der Waals surface area contributed by atoms with Gasteiger partial charge < -0.3 is 5.11 Å². The molecule has 0 saturated carbocycles. The molecular formula is C15H19BrN2O. The molecule has 1 unspecified atom stereocenters. The second-order valence-corrected chi connectivity index (χ2v) is 5.73. The lowest BCUT2D eigenvalue weighted by molar-refractivity contribution is 0.174. The molecule has 0 aliphatic carbocycles. The van der Waals surface area contributed by atoms with Gasteiger partial charge in [-0.3, -0.25) is 4.68 Å². The zero-order chi connectivity index (χ0) is 14.0. The first-order chi connectivity index (χ1) is 9.01. The SMILES string of the molecule is CCn1nc(C)cc1CC(O)c1ccc(Br)cc1C. The van der Waals surface area contributed by atoms with Gasteiger partial charge in [-0.25, -0.2) is 0 Å². The predicted octanol–water partition coefficient (Wildman–Crippen LogP) is 3.56. The monoisotopic (exact) mass is 322 g/mol. The van der Waals surface area contributed by atoms with Crippen LogP contribution in [-0.4, -0.2) is 14.9 Å². The number of rotatable bonds is 4. The standard InChI is InChI=1S/C15H19BrN2O/c1-4-18-13(8-11(3)17-18)9-15(19)14-6-5-12(16)7-10(14)2/h5-8,15,19H,4,9H2,1-3H3. The molecule has 0 amide bonds. The summed E-state index contributed by atoms with van der Waals surface area (Å²) in [4.78, 5) is 0. The van der Waals surface area contributed by atoms with Gasteiger partial charge in [0.05, 0.1) is 11.8 Å². The molecule has 0 spiro atoms. The zero-order valence-corrected chi connectivity index (χ0v) is 13.1. The Labute approximate surface area is 122 Å². The van der Waals surface area contributed by atoms with Gasteiger partial charge in [0.25, 0.3) is 0 Å². The average molecular weight is 323 g/mol. The Morgan fingerprint density at radius 1 is 1.32 bits per heavy atom. The van der Waals surface area contributed by atoms with Gasteiger partial charge in [0, 0.05) is 23.1 Å². The molecular weight excluding hydrogens is 304 g/mol. The van der Waals surface area contributed by atoms with Gasteiger partial charge in [-0.15, -0.1) is 0 Å². The van der Waals surface area contributed by atoms with Crippen molar-refractivity contribution in [2.75, 3.05) is 0 Å². The fraction of sp³-hybridized carbons (Fsp3) is 0.400. The number of aliphatic hydroxyl groups is 1. The van der Waals surface area contributed by atoms with Gasteiger partial charge in [-0.2, -0.15) is 5.10 Å². The van der Waals surface area contributed by atoms with Crippen LogP contribution in [0.1, 0.15) is 35.5 Å². The normalized spacial score (nSPS) is 12.7. The van der Waals surface area contributed by atoms with Crippen LogP contribution in [-0.2, 0) is 13.0 Å². The van der Waals surface area contributed by atoms with Crippen LogP contribution in [0.3, 0.4) is 0 Å². The van der Waals surface area contributed by atoms with Crippen molar-refractivity contribution in [3.05, 3.63) is 51.3 Å². The molecule has 4 heteroatoms. The van der Waals surface area contributed by atoms with E-state index in [1.54, 1.807) is 0 Å². The smallest absolute Gasteiger partial charge is 0.0847 e. The van der Waals surface area contributed by atoms with Crippen LogP contribution in [0.2, 0.25) is 0 Å². The van der Waals surface area contributed by atoms with E-state index in [-0.39, 0.29) is 0 Å². The third-order valence-corrected chi connectivity index (χ3v) is 3.77. The van der Waals surface area contributed by atoms with Crippen LogP contribution >= 0.6 is 15.9 Å². The number of aromatic nitrogens is 2. The molecule has 0 aliphatic heterocycles. The van der Waals surface area contributed by atoms with Gasteiger partial charge in [-0.05, 0) is 50.1 Å². The Morgan fingerprint density at radius 2 is 2.05 bits per heavy atom. The lowest BCUT2D eigenvalue weighted by Gasteiger charge is -2.14. The van der Waals surface area contributed by atoms with Gasteiger partial charge in [-0.1, -0.05) is 22.0 Å². The van der Waals surface area contributed by atoms with E-state index in [2.05, 4.69) is 28.0 Å². The molecule has 0 saturated heterocycles. The molecule has 1 N–H and O–H groups in total. The molecule has 102 valence electrons. The number of benzene rings is 1. The van der Waals surface area contributed by atoms with Crippen molar-refractivity contribution in [1.82, 2.24) is 9.78 Å². The number of hydrogen-bond acceptors (Lipinski definition) is 2. The quantitative estimate of drug-likeness (QED) is 0.934. The maximum absolute atomic E-state index is 10.4. The molecule has 2 rings (SSSR count). The van der Waals surface area contributed by atoms with E-state index < -0.39 is 6.10 Å². The van der Waals surface area contributed by atoms with Crippen molar-refractivity contribution in [3.8, 4) is 0 Å². The largest absolute Gasteiger partial charge is 0.388 e. The van der Waals surface area contributed by atoms with Crippen LogP contribution in [0.5, 0.6) is 0 Å². The Kier molecular flexibility index (Phi) is 4.42. The zero-order valence-electron chi connectivity index (χ0n) is 11.5. The Morgan fingerprint density at radius 3 is 2.68 bits per heavy atom. The molecule has 1 aromatic heterocycles. The van der Waals surface area contributed by atoms with Crippen molar-refractivity contribution in [2.24, 2.45) is 0 Å². The lowest BCUT2D eigenvalue weighted by atomic mass is 10.00. The summed E-state index contributed by atoms with van der Waals surface area (Å²) >= 11 is 3.44. The molecule has 2 aromatic rings. The summed E-state index contributed by atoms with van der Waals surface area (Å²) in [7, 11) is 0. The number of hydrogen-bond donors (Lipinski definition) is 1. The second-order valence-electron chi connectivity index (χ2n) is 4.81. The average Bonchev–Trinajstić information content (AvgIpc) is 2.69. The Hall–Kier alpha value is -1.13. The van der Waals surface area contributed by atoms with Crippen molar-refractivity contribution in [3.63, 3.8) is 0 Å². The molecule has 1 atom stereocenters. The molecule has 1 heterocycles. The van der Waals surface area contributed by atoms with E-state index in [9.17, 15) is 5.11 Å². The number of aryl methyl sites for hydroxylation is 3. The summed E-state index contributed by atoms with van der Waals surface area (Å²) in [6.45, 7) is 6.89. The minimum absolute atomic E-state index is 0.491. The van der Waals surface area contributed by atoms with E-state index in [0.717, 1.165) is 33.5 Å². The first kappa shape index (κ1) is 14.3. The summed E-state index contributed by atoms with van der Waals surface area (Å²) < 4.78 is 2.99. The molecule has 0 aliphatic rings. The first-order valence-corrected chi connectivity index (χ1v) is 7.28. The molecule has 0 bridgehead atoms. The molecule has 3 nitrogen and oxygen atoms in total. The third kappa shape index (κ3) is 3.25. The van der Waals surface area contributed by atoms with Crippen molar-refractivity contribution in [2.45, 2.75) is 39.8 Å². The summed E-state index contributed by atoms with van der Waals surface area (Å²) in [5.41, 5.74) is 4.15. The maximum atomic E-state index is 10.4. The van der Waals surface area contributed by atoms with Crippen LogP contribution in [0.15, 0.2) is 28.7 Å². The fourth-order valence-electron chi connectivity index (χ4n) is 2.36. The highest BCUT2D eigenvalue weighted by Crippen LogP contribution is 2.24. The van der Waals surface area contributed by atoms with Gasteiger partial charge in [0.2, 0.25) is 0 Å². The predicted molar refractivity (Wildman–Crippen MR) is 80.2 cm³/mol. The van der Waals surface area contributed by atoms with Gasteiger partial charge in [0.15, 0.2) is 0 Å². The Bertz CT molecular complexity index is 578. The van der Waals surface area contributed by atoms with Crippen LogP contribution in [0.4, 0.5) is 0 Å². The van der Waals surface area contributed by atoms with Crippen molar-refractivity contribution < 1.29 is 5.11 Å². The first-order valence-electron chi connectivity index (χ1n) is 6.48. The number of aliphatic hydroxyl groups excluding tert-OH is 1. The highest BCUT2D eigenvalue weighted by atomic mass is 79.9. The maximum Gasteiger partial charge on any atom is 0.0847 e.